The van der Waals surface area contributed by atoms with Crippen molar-refractivity contribution < 1.29 is 0 Å². The molecule has 22 heavy (non-hydrogen) atoms. The highest BCUT2D eigenvalue weighted by Gasteiger charge is 2.04. The highest BCUT2D eigenvalue weighted by molar-refractivity contribution is 8.13. The maximum absolute atomic E-state index is 4.90. The monoisotopic (exact) mass is 328 g/mol. The number of aliphatic imine (C=N–C) groups is 1. The molecule has 0 aromatic rings. The van der Waals surface area contributed by atoms with E-state index in [9.17, 15) is 0 Å². The van der Waals surface area contributed by atoms with Crippen LogP contribution >= 0.6 is 11.8 Å². The second-order valence-corrected chi connectivity index (χ2v) is 7.41. The summed E-state index contributed by atoms with van der Waals surface area (Å²) in [5.74, 6) is 1.17. The molecule has 132 valence electrons. The Morgan fingerprint density at radius 3 is 2.18 bits per heavy atom. The number of amidine groups is 1. The molecule has 0 aromatic carbocycles. The number of unbranched alkanes of at least 4 members (excludes halogenated alkanes) is 7. The molecule has 0 radical (unpaired) electrons. The standard InChI is InChI=1S/C19H40N2S/c1-5-8-10-11-12-14-16-20-19(22-17-7-3)21-18(4)15-13-9-6-2/h18H,5-17H2,1-4H3,(H,20,21). The van der Waals surface area contributed by atoms with Crippen LogP contribution in [0.1, 0.15) is 98.3 Å². The van der Waals surface area contributed by atoms with E-state index in [2.05, 4.69) is 33.0 Å². The lowest BCUT2D eigenvalue weighted by Gasteiger charge is -2.13. The van der Waals surface area contributed by atoms with Crippen molar-refractivity contribution >= 4 is 16.9 Å². The molecule has 0 bridgehead atoms. The van der Waals surface area contributed by atoms with Crippen molar-refractivity contribution in [2.45, 2.75) is 104 Å². The van der Waals surface area contributed by atoms with E-state index < -0.39 is 0 Å². The van der Waals surface area contributed by atoms with E-state index in [4.69, 9.17) is 4.99 Å². The lowest BCUT2D eigenvalue weighted by molar-refractivity contribution is 0.588. The Hall–Kier alpha value is -0.180. The molecule has 0 aliphatic heterocycles. The Balaban J connectivity index is 3.94. The van der Waals surface area contributed by atoms with Gasteiger partial charge in [0.15, 0.2) is 5.17 Å². The van der Waals surface area contributed by atoms with Crippen LogP contribution in [0.15, 0.2) is 4.99 Å². The quantitative estimate of drug-likeness (QED) is 0.226. The molecule has 0 saturated heterocycles. The van der Waals surface area contributed by atoms with Gasteiger partial charge in [0.25, 0.3) is 0 Å². The summed E-state index contributed by atoms with van der Waals surface area (Å²) in [5.41, 5.74) is 0. The summed E-state index contributed by atoms with van der Waals surface area (Å²) < 4.78 is 0. The van der Waals surface area contributed by atoms with Crippen molar-refractivity contribution in [3.63, 3.8) is 0 Å². The van der Waals surface area contributed by atoms with Gasteiger partial charge in [0.05, 0.1) is 0 Å². The molecule has 0 aliphatic carbocycles. The third-order valence-corrected chi connectivity index (χ3v) is 4.95. The topological polar surface area (TPSA) is 24.4 Å². The normalized spacial score (nSPS) is 13.4. The average molecular weight is 329 g/mol. The van der Waals surface area contributed by atoms with E-state index in [0.717, 1.165) is 6.54 Å². The Morgan fingerprint density at radius 2 is 1.50 bits per heavy atom. The Labute approximate surface area is 144 Å². The molecule has 0 saturated carbocycles. The summed E-state index contributed by atoms with van der Waals surface area (Å²) >= 11 is 1.90. The zero-order valence-corrected chi connectivity index (χ0v) is 16.4. The minimum atomic E-state index is 0.461. The number of hydrogen-bond donors (Lipinski definition) is 1. The van der Waals surface area contributed by atoms with Gasteiger partial charge in [-0.15, -0.1) is 0 Å². The minimum Gasteiger partial charge on any atom is -0.365 e. The largest absolute Gasteiger partial charge is 0.365 e. The van der Waals surface area contributed by atoms with Crippen LogP contribution in [0.2, 0.25) is 0 Å². The number of rotatable bonds is 14. The molecule has 0 amide bonds. The maximum Gasteiger partial charge on any atom is 0.156 e. The van der Waals surface area contributed by atoms with Crippen LogP contribution in [0.3, 0.4) is 0 Å². The van der Waals surface area contributed by atoms with Gasteiger partial charge >= 0.3 is 0 Å². The van der Waals surface area contributed by atoms with Crippen molar-refractivity contribution in [3.8, 4) is 0 Å². The summed E-state index contributed by atoms with van der Waals surface area (Å²) in [6, 6.07) is 0.461. The minimum absolute atomic E-state index is 0.461. The first kappa shape index (κ1) is 21.8. The lowest BCUT2D eigenvalue weighted by atomic mass is 10.1. The third-order valence-electron chi connectivity index (χ3n) is 3.81. The second kappa shape index (κ2) is 17.2. The molecular formula is C19H40N2S. The summed E-state index contributed by atoms with van der Waals surface area (Å²) in [7, 11) is 0. The number of hydrogen-bond acceptors (Lipinski definition) is 2. The van der Waals surface area contributed by atoms with Crippen LogP contribution in [0.25, 0.3) is 0 Å². The van der Waals surface area contributed by atoms with Crippen LogP contribution < -0.4 is 5.32 Å². The molecule has 0 aromatic heterocycles. The van der Waals surface area contributed by atoms with E-state index in [1.54, 1.807) is 0 Å². The number of nitrogens with one attached hydrogen (secondary N) is 1. The van der Waals surface area contributed by atoms with Crippen LogP contribution in [-0.4, -0.2) is 23.5 Å². The van der Waals surface area contributed by atoms with E-state index in [1.165, 1.54) is 81.5 Å². The van der Waals surface area contributed by atoms with Gasteiger partial charge in [-0.1, -0.05) is 83.9 Å². The van der Waals surface area contributed by atoms with Gasteiger partial charge in [-0.05, 0) is 26.2 Å². The van der Waals surface area contributed by atoms with E-state index in [1.807, 2.05) is 11.8 Å². The Morgan fingerprint density at radius 1 is 0.864 bits per heavy atom. The molecule has 0 spiro atoms. The summed E-state index contributed by atoms with van der Waals surface area (Å²) in [5, 5.41) is 4.76. The zero-order valence-electron chi connectivity index (χ0n) is 15.6. The highest BCUT2D eigenvalue weighted by atomic mass is 32.2. The molecule has 1 atom stereocenters. The van der Waals surface area contributed by atoms with Crippen molar-refractivity contribution in [1.29, 1.82) is 0 Å². The molecule has 2 nitrogen and oxygen atoms in total. The molecule has 1 N–H and O–H groups in total. The molecular weight excluding hydrogens is 288 g/mol. The average Bonchev–Trinajstić information content (AvgIpc) is 2.51. The van der Waals surface area contributed by atoms with Gasteiger partial charge < -0.3 is 5.32 Å². The molecule has 0 rings (SSSR count). The SMILES string of the molecule is CCCCCCCCNC(=NC(C)CCCCC)SCCC. The van der Waals surface area contributed by atoms with Crippen molar-refractivity contribution in [3.05, 3.63) is 0 Å². The van der Waals surface area contributed by atoms with E-state index in [0.29, 0.717) is 6.04 Å². The first-order valence-electron chi connectivity index (χ1n) is 9.69. The predicted molar refractivity (Wildman–Crippen MR) is 105 cm³/mol. The first-order chi connectivity index (χ1) is 10.7. The van der Waals surface area contributed by atoms with Crippen LogP contribution in [0, 0.1) is 0 Å². The maximum atomic E-state index is 4.90. The van der Waals surface area contributed by atoms with Crippen LogP contribution in [0.4, 0.5) is 0 Å². The van der Waals surface area contributed by atoms with Crippen molar-refractivity contribution in [1.82, 2.24) is 5.32 Å². The van der Waals surface area contributed by atoms with Crippen LogP contribution in [-0.2, 0) is 0 Å². The summed E-state index contributed by atoms with van der Waals surface area (Å²) in [4.78, 5) is 4.90. The van der Waals surface area contributed by atoms with Gasteiger partial charge in [0.2, 0.25) is 0 Å². The van der Waals surface area contributed by atoms with Gasteiger partial charge in [-0.25, -0.2) is 0 Å². The summed E-state index contributed by atoms with van der Waals surface area (Å²) in [6.45, 7) is 10.1. The fourth-order valence-electron chi connectivity index (χ4n) is 2.39. The molecule has 1 unspecified atom stereocenters. The van der Waals surface area contributed by atoms with Gasteiger partial charge in [-0.2, -0.15) is 0 Å². The zero-order chi connectivity index (χ0) is 16.5. The Bertz CT molecular complexity index is 254. The number of nitrogens with zero attached hydrogens (tertiary/aromatic N) is 1. The Kier molecular flexibility index (Phi) is 17.0. The van der Waals surface area contributed by atoms with Gasteiger partial charge in [0, 0.05) is 18.3 Å². The lowest BCUT2D eigenvalue weighted by Crippen LogP contribution is -2.23. The highest BCUT2D eigenvalue weighted by Crippen LogP contribution is 2.11. The smallest absolute Gasteiger partial charge is 0.156 e. The van der Waals surface area contributed by atoms with Crippen molar-refractivity contribution in [2.75, 3.05) is 12.3 Å². The molecule has 0 fully saturated rings. The van der Waals surface area contributed by atoms with Gasteiger partial charge in [0.1, 0.15) is 0 Å². The van der Waals surface area contributed by atoms with E-state index >= 15 is 0 Å². The molecule has 0 heterocycles. The second-order valence-electron chi connectivity index (χ2n) is 6.32. The fraction of sp³-hybridized carbons (Fsp3) is 0.947. The summed E-state index contributed by atoms with van der Waals surface area (Å²) in [6.07, 6.45) is 14.5. The fourth-order valence-corrected chi connectivity index (χ4v) is 3.24. The third kappa shape index (κ3) is 14.7. The molecule has 0 aliphatic rings. The molecule has 3 heteroatoms. The number of thioether (sulfide) groups is 1. The van der Waals surface area contributed by atoms with E-state index in [-0.39, 0.29) is 0 Å². The van der Waals surface area contributed by atoms with Crippen molar-refractivity contribution in [2.24, 2.45) is 4.99 Å². The van der Waals surface area contributed by atoms with Gasteiger partial charge in [-0.3, -0.25) is 4.99 Å². The predicted octanol–water partition coefficient (Wildman–Crippen LogP) is 6.40. The first-order valence-corrected chi connectivity index (χ1v) is 10.7. The van der Waals surface area contributed by atoms with Crippen LogP contribution in [0.5, 0.6) is 0 Å².